The number of anilines is 1. The van der Waals surface area contributed by atoms with Gasteiger partial charge in [0.2, 0.25) is 0 Å². The maximum Gasteiger partial charge on any atom is 0.253 e. The minimum Gasteiger partial charge on any atom is -0.336 e. The first kappa shape index (κ1) is 13.4. The molecule has 1 atom stereocenters. The van der Waals surface area contributed by atoms with E-state index in [0.29, 0.717) is 6.04 Å². The molecule has 0 aliphatic carbocycles. The van der Waals surface area contributed by atoms with Gasteiger partial charge >= 0.3 is 0 Å². The van der Waals surface area contributed by atoms with E-state index in [2.05, 4.69) is 10.3 Å². The number of carbonyl (C=O) groups excluding carboxylic acids is 1. The standard InChI is InChI=1S/C15H22N4O/c1-11-9-12(4-5-14(11)17-16)15(20)19-8-7-18-6-2-3-13(18)10-19/h4-5,9,13,17H,2-3,6-8,10,16H2,1H3. The van der Waals surface area contributed by atoms with Crippen LogP contribution in [-0.2, 0) is 0 Å². The number of nitrogens with zero attached hydrogens (tertiary/aromatic N) is 2. The molecular weight excluding hydrogens is 252 g/mol. The van der Waals surface area contributed by atoms with E-state index in [4.69, 9.17) is 5.84 Å². The molecule has 2 heterocycles. The van der Waals surface area contributed by atoms with E-state index >= 15 is 0 Å². The van der Waals surface area contributed by atoms with Crippen molar-refractivity contribution in [3.05, 3.63) is 29.3 Å². The monoisotopic (exact) mass is 274 g/mol. The predicted octanol–water partition coefficient (Wildman–Crippen LogP) is 1.20. The number of nitrogens with one attached hydrogen (secondary N) is 1. The fourth-order valence-electron chi connectivity index (χ4n) is 3.32. The summed E-state index contributed by atoms with van der Waals surface area (Å²) in [4.78, 5) is 17.1. The summed E-state index contributed by atoms with van der Waals surface area (Å²) in [6.45, 7) is 5.88. The molecule has 3 rings (SSSR count). The van der Waals surface area contributed by atoms with E-state index in [1.807, 2.05) is 30.0 Å². The van der Waals surface area contributed by atoms with Crippen molar-refractivity contribution in [3.63, 3.8) is 0 Å². The number of amides is 1. The Balaban J connectivity index is 1.74. The molecule has 0 bridgehead atoms. The molecule has 20 heavy (non-hydrogen) atoms. The number of hydrazine groups is 1. The predicted molar refractivity (Wildman–Crippen MR) is 79.5 cm³/mol. The van der Waals surface area contributed by atoms with Crippen molar-refractivity contribution in [1.29, 1.82) is 0 Å². The molecule has 1 aromatic rings. The second-order valence-corrected chi connectivity index (χ2v) is 5.76. The Bertz CT molecular complexity index is 517. The molecule has 2 aliphatic rings. The van der Waals surface area contributed by atoms with Crippen LogP contribution in [0.15, 0.2) is 18.2 Å². The zero-order valence-electron chi connectivity index (χ0n) is 11.9. The summed E-state index contributed by atoms with van der Waals surface area (Å²) in [7, 11) is 0. The Labute approximate surface area is 119 Å². The lowest BCUT2D eigenvalue weighted by Gasteiger charge is -2.37. The van der Waals surface area contributed by atoms with Gasteiger partial charge in [-0.05, 0) is 50.1 Å². The van der Waals surface area contributed by atoms with Gasteiger partial charge in [-0.15, -0.1) is 0 Å². The number of nitrogen functional groups attached to an aromatic ring is 1. The van der Waals surface area contributed by atoms with Crippen LogP contribution in [0.3, 0.4) is 0 Å². The van der Waals surface area contributed by atoms with Crippen LogP contribution in [0, 0.1) is 6.92 Å². The van der Waals surface area contributed by atoms with Crippen molar-refractivity contribution in [2.45, 2.75) is 25.8 Å². The van der Waals surface area contributed by atoms with Gasteiger partial charge in [0.15, 0.2) is 0 Å². The molecule has 0 spiro atoms. The van der Waals surface area contributed by atoms with Gasteiger partial charge in [-0.25, -0.2) is 0 Å². The largest absolute Gasteiger partial charge is 0.336 e. The molecule has 5 nitrogen and oxygen atoms in total. The van der Waals surface area contributed by atoms with Gasteiger partial charge < -0.3 is 10.3 Å². The summed E-state index contributed by atoms with van der Waals surface area (Å²) in [5, 5.41) is 0. The lowest BCUT2D eigenvalue weighted by Crippen LogP contribution is -2.52. The molecule has 0 aromatic heterocycles. The Morgan fingerprint density at radius 1 is 1.35 bits per heavy atom. The molecule has 2 aliphatic heterocycles. The normalized spacial score (nSPS) is 22.7. The fraction of sp³-hybridized carbons (Fsp3) is 0.533. The van der Waals surface area contributed by atoms with Gasteiger partial charge in [0.25, 0.3) is 5.91 Å². The summed E-state index contributed by atoms with van der Waals surface area (Å²) in [5.74, 6) is 5.57. The van der Waals surface area contributed by atoms with Gasteiger partial charge in [0, 0.05) is 31.2 Å². The zero-order chi connectivity index (χ0) is 14.1. The van der Waals surface area contributed by atoms with Crippen molar-refractivity contribution < 1.29 is 4.79 Å². The van der Waals surface area contributed by atoms with E-state index in [1.165, 1.54) is 19.4 Å². The van der Waals surface area contributed by atoms with Crippen LogP contribution in [0.25, 0.3) is 0 Å². The van der Waals surface area contributed by atoms with Crippen LogP contribution in [0.2, 0.25) is 0 Å². The first-order valence-electron chi connectivity index (χ1n) is 7.29. The number of benzene rings is 1. The van der Waals surface area contributed by atoms with Crippen LogP contribution in [0.5, 0.6) is 0 Å². The maximum atomic E-state index is 12.6. The number of nitrogens with two attached hydrogens (primary N) is 1. The Morgan fingerprint density at radius 3 is 2.95 bits per heavy atom. The summed E-state index contributed by atoms with van der Waals surface area (Å²) in [6, 6.07) is 6.21. The van der Waals surface area contributed by atoms with Crippen LogP contribution in [0.4, 0.5) is 5.69 Å². The van der Waals surface area contributed by atoms with E-state index in [-0.39, 0.29) is 5.91 Å². The third-order valence-corrected chi connectivity index (χ3v) is 4.50. The zero-order valence-corrected chi connectivity index (χ0v) is 11.9. The molecule has 3 N–H and O–H groups in total. The quantitative estimate of drug-likeness (QED) is 0.628. The van der Waals surface area contributed by atoms with Crippen molar-refractivity contribution in [2.75, 3.05) is 31.6 Å². The van der Waals surface area contributed by atoms with Crippen LogP contribution < -0.4 is 11.3 Å². The van der Waals surface area contributed by atoms with E-state index in [1.54, 1.807) is 0 Å². The van der Waals surface area contributed by atoms with Crippen molar-refractivity contribution in [3.8, 4) is 0 Å². The molecule has 108 valence electrons. The molecule has 5 heteroatoms. The van der Waals surface area contributed by atoms with E-state index in [0.717, 1.165) is 36.4 Å². The number of carbonyl (C=O) groups is 1. The molecule has 0 radical (unpaired) electrons. The minimum atomic E-state index is 0.142. The van der Waals surface area contributed by atoms with Crippen molar-refractivity contribution in [1.82, 2.24) is 9.80 Å². The van der Waals surface area contributed by atoms with Crippen molar-refractivity contribution in [2.24, 2.45) is 5.84 Å². The minimum absolute atomic E-state index is 0.142. The second kappa shape index (κ2) is 5.42. The first-order valence-corrected chi connectivity index (χ1v) is 7.29. The fourth-order valence-corrected chi connectivity index (χ4v) is 3.32. The summed E-state index contributed by atoms with van der Waals surface area (Å²) >= 11 is 0. The van der Waals surface area contributed by atoms with Crippen LogP contribution >= 0.6 is 0 Å². The molecule has 1 unspecified atom stereocenters. The SMILES string of the molecule is Cc1cc(C(=O)N2CCN3CCCC3C2)ccc1NN. The summed E-state index contributed by atoms with van der Waals surface area (Å²) in [6.07, 6.45) is 2.49. The topological polar surface area (TPSA) is 61.6 Å². The summed E-state index contributed by atoms with van der Waals surface area (Å²) in [5.41, 5.74) is 5.26. The van der Waals surface area contributed by atoms with E-state index in [9.17, 15) is 4.79 Å². The lowest BCUT2D eigenvalue weighted by atomic mass is 10.1. The van der Waals surface area contributed by atoms with Crippen molar-refractivity contribution >= 4 is 11.6 Å². The smallest absolute Gasteiger partial charge is 0.253 e. The first-order chi connectivity index (χ1) is 9.69. The number of rotatable bonds is 2. The average Bonchev–Trinajstić information content (AvgIpc) is 2.93. The Morgan fingerprint density at radius 2 is 2.20 bits per heavy atom. The van der Waals surface area contributed by atoms with Crippen LogP contribution in [-0.4, -0.2) is 47.9 Å². The van der Waals surface area contributed by atoms with E-state index < -0.39 is 0 Å². The van der Waals surface area contributed by atoms with Gasteiger partial charge in [0.05, 0.1) is 5.69 Å². The second-order valence-electron chi connectivity index (χ2n) is 5.76. The average molecular weight is 274 g/mol. The highest BCUT2D eigenvalue weighted by atomic mass is 16.2. The third-order valence-electron chi connectivity index (χ3n) is 4.50. The number of fused-ring (bicyclic) bond motifs is 1. The molecule has 1 aromatic carbocycles. The lowest BCUT2D eigenvalue weighted by molar-refractivity contribution is 0.0571. The highest BCUT2D eigenvalue weighted by molar-refractivity contribution is 5.95. The molecule has 2 saturated heterocycles. The molecule has 2 fully saturated rings. The highest BCUT2D eigenvalue weighted by Gasteiger charge is 2.32. The number of hydrogen-bond acceptors (Lipinski definition) is 4. The third kappa shape index (κ3) is 2.39. The molecule has 1 amide bonds. The Kier molecular flexibility index (Phi) is 3.63. The van der Waals surface area contributed by atoms with Crippen LogP contribution in [0.1, 0.15) is 28.8 Å². The number of aryl methyl sites for hydroxylation is 1. The van der Waals surface area contributed by atoms with Gasteiger partial charge in [-0.1, -0.05) is 0 Å². The number of piperazine rings is 1. The highest BCUT2D eigenvalue weighted by Crippen LogP contribution is 2.23. The maximum absolute atomic E-state index is 12.6. The molecular formula is C15H22N4O. The van der Waals surface area contributed by atoms with Gasteiger partial charge in [-0.3, -0.25) is 15.5 Å². The number of hydrogen-bond donors (Lipinski definition) is 2. The Hall–Kier alpha value is -1.59. The van der Waals surface area contributed by atoms with Gasteiger partial charge in [-0.2, -0.15) is 0 Å². The van der Waals surface area contributed by atoms with Gasteiger partial charge in [0.1, 0.15) is 0 Å². The molecule has 0 saturated carbocycles. The summed E-state index contributed by atoms with van der Waals surface area (Å²) < 4.78 is 0.